The van der Waals surface area contributed by atoms with Crippen LogP contribution in [0.1, 0.15) is 5.89 Å². The molecule has 0 saturated carbocycles. The van der Waals surface area contributed by atoms with Crippen LogP contribution in [0.5, 0.6) is 0 Å². The Balaban J connectivity index is 1.61. The standard InChI is InChI=1S/C20H15ClN4O2S/c1-28-14-8-6-13(7-9-14)20-22-18(27-24-20)12-25-19(26)11-10-17(23-25)15-4-2-3-5-16(15)21/h2-11H,12H2,1H3. The fourth-order valence-electron chi connectivity index (χ4n) is 2.68. The van der Waals surface area contributed by atoms with Crippen LogP contribution in [-0.2, 0) is 6.54 Å². The Morgan fingerprint density at radius 1 is 1.07 bits per heavy atom. The van der Waals surface area contributed by atoms with E-state index in [0.29, 0.717) is 22.4 Å². The third-order valence-electron chi connectivity index (χ3n) is 4.12. The summed E-state index contributed by atoms with van der Waals surface area (Å²) in [6, 6.07) is 18.3. The molecule has 2 aromatic carbocycles. The summed E-state index contributed by atoms with van der Waals surface area (Å²) in [5, 5.41) is 8.96. The highest BCUT2D eigenvalue weighted by Crippen LogP contribution is 2.25. The minimum atomic E-state index is -0.264. The van der Waals surface area contributed by atoms with Crippen LogP contribution < -0.4 is 5.56 Å². The highest BCUT2D eigenvalue weighted by Gasteiger charge is 2.12. The van der Waals surface area contributed by atoms with Gasteiger partial charge < -0.3 is 4.52 Å². The predicted octanol–water partition coefficient (Wildman–Crippen LogP) is 4.38. The lowest BCUT2D eigenvalue weighted by Gasteiger charge is -2.06. The molecule has 0 aliphatic rings. The second kappa shape index (κ2) is 8.00. The molecular weight excluding hydrogens is 396 g/mol. The average Bonchev–Trinajstić information content (AvgIpc) is 3.19. The van der Waals surface area contributed by atoms with E-state index in [-0.39, 0.29) is 12.1 Å². The second-order valence-electron chi connectivity index (χ2n) is 5.93. The Hall–Kier alpha value is -2.90. The number of hydrogen-bond acceptors (Lipinski definition) is 6. The van der Waals surface area contributed by atoms with Crippen molar-refractivity contribution in [1.29, 1.82) is 0 Å². The first-order chi connectivity index (χ1) is 13.6. The average molecular weight is 411 g/mol. The highest BCUT2D eigenvalue weighted by atomic mass is 35.5. The van der Waals surface area contributed by atoms with Crippen LogP contribution in [0, 0.1) is 0 Å². The van der Waals surface area contributed by atoms with Crippen molar-refractivity contribution in [2.45, 2.75) is 11.4 Å². The number of aromatic nitrogens is 4. The largest absolute Gasteiger partial charge is 0.337 e. The van der Waals surface area contributed by atoms with E-state index in [0.717, 1.165) is 16.0 Å². The van der Waals surface area contributed by atoms with Crippen molar-refractivity contribution in [2.24, 2.45) is 0 Å². The van der Waals surface area contributed by atoms with E-state index in [1.165, 1.54) is 10.7 Å². The highest BCUT2D eigenvalue weighted by molar-refractivity contribution is 7.98. The third-order valence-corrected chi connectivity index (χ3v) is 5.19. The monoisotopic (exact) mass is 410 g/mol. The van der Waals surface area contributed by atoms with Crippen LogP contribution in [0.4, 0.5) is 0 Å². The number of halogens is 1. The fraction of sp³-hybridized carbons (Fsp3) is 0.100. The molecule has 2 heterocycles. The van der Waals surface area contributed by atoms with Crippen LogP contribution in [0.2, 0.25) is 5.02 Å². The maximum Gasteiger partial charge on any atom is 0.267 e. The molecule has 0 N–H and O–H groups in total. The molecule has 8 heteroatoms. The Bertz CT molecular complexity index is 1170. The number of rotatable bonds is 5. The quantitative estimate of drug-likeness (QED) is 0.454. The summed E-state index contributed by atoms with van der Waals surface area (Å²) < 4.78 is 6.60. The normalized spacial score (nSPS) is 10.9. The molecule has 0 fully saturated rings. The molecule has 6 nitrogen and oxygen atoms in total. The number of nitrogens with zero attached hydrogens (tertiary/aromatic N) is 4. The number of thioether (sulfide) groups is 1. The first-order valence-electron chi connectivity index (χ1n) is 8.44. The summed E-state index contributed by atoms with van der Waals surface area (Å²) in [7, 11) is 0. The van der Waals surface area contributed by atoms with Crippen LogP contribution in [-0.4, -0.2) is 26.2 Å². The van der Waals surface area contributed by atoms with Crippen LogP contribution in [0.15, 0.2) is 74.9 Å². The van der Waals surface area contributed by atoms with Crippen LogP contribution >= 0.6 is 23.4 Å². The predicted molar refractivity (Wildman–Crippen MR) is 110 cm³/mol. The Kier molecular flexibility index (Phi) is 5.27. The minimum absolute atomic E-state index is 0.0764. The first kappa shape index (κ1) is 18.5. The van der Waals surface area contributed by atoms with Crippen LogP contribution in [0.3, 0.4) is 0 Å². The van der Waals surface area contributed by atoms with Gasteiger partial charge in [-0.2, -0.15) is 10.1 Å². The van der Waals surface area contributed by atoms with E-state index in [1.807, 2.05) is 48.7 Å². The van der Waals surface area contributed by atoms with Crippen molar-refractivity contribution in [3.05, 3.63) is 81.9 Å². The molecule has 4 aromatic rings. The lowest BCUT2D eigenvalue weighted by Crippen LogP contribution is -2.23. The van der Waals surface area contributed by atoms with Gasteiger partial charge >= 0.3 is 0 Å². The molecule has 140 valence electrons. The number of hydrogen-bond donors (Lipinski definition) is 0. The molecular formula is C20H15ClN4O2S. The lowest BCUT2D eigenvalue weighted by molar-refractivity contribution is 0.363. The molecule has 0 aliphatic heterocycles. The van der Waals surface area contributed by atoms with E-state index in [1.54, 1.807) is 23.9 Å². The molecule has 0 spiro atoms. The fourth-order valence-corrected chi connectivity index (χ4v) is 3.32. The summed E-state index contributed by atoms with van der Waals surface area (Å²) in [4.78, 5) is 17.7. The molecule has 0 saturated heterocycles. The van der Waals surface area contributed by atoms with E-state index >= 15 is 0 Å². The van der Waals surface area contributed by atoms with Gasteiger partial charge in [0.15, 0.2) is 0 Å². The van der Waals surface area contributed by atoms with Crippen LogP contribution in [0.25, 0.3) is 22.6 Å². The zero-order valence-corrected chi connectivity index (χ0v) is 16.4. The third kappa shape index (κ3) is 3.85. The lowest BCUT2D eigenvalue weighted by atomic mass is 10.1. The van der Waals surface area contributed by atoms with Crippen molar-refractivity contribution in [2.75, 3.05) is 6.26 Å². The van der Waals surface area contributed by atoms with Gasteiger partial charge in [0.05, 0.1) is 10.7 Å². The number of benzene rings is 2. The maximum atomic E-state index is 12.2. The SMILES string of the molecule is CSc1ccc(-c2noc(Cn3nc(-c4ccccc4Cl)ccc3=O)n2)cc1. The summed E-state index contributed by atoms with van der Waals surface area (Å²) in [6.07, 6.45) is 2.02. The molecule has 0 amide bonds. The topological polar surface area (TPSA) is 73.8 Å². The zero-order valence-electron chi connectivity index (χ0n) is 14.9. The van der Waals surface area contributed by atoms with Crippen molar-refractivity contribution in [1.82, 2.24) is 19.9 Å². The maximum absolute atomic E-state index is 12.2. The molecule has 2 aromatic heterocycles. The van der Waals surface area contributed by atoms with Gasteiger partial charge in [-0.3, -0.25) is 4.79 Å². The van der Waals surface area contributed by atoms with Gasteiger partial charge in [-0.05, 0) is 42.7 Å². The molecule has 0 aliphatic carbocycles. The molecule has 4 rings (SSSR count). The van der Waals surface area contributed by atoms with E-state index < -0.39 is 0 Å². The van der Waals surface area contributed by atoms with Crippen molar-refractivity contribution in [3.63, 3.8) is 0 Å². The molecule has 0 unspecified atom stereocenters. The Morgan fingerprint density at radius 2 is 1.86 bits per heavy atom. The van der Waals surface area contributed by atoms with Crippen molar-refractivity contribution >= 4 is 23.4 Å². The molecule has 0 bridgehead atoms. The van der Waals surface area contributed by atoms with Gasteiger partial charge in [-0.15, -0.1) is 11.8 Å². The van der Waals surface area contributed by atoms with Crippen molar-refractivity contribution < 1.29 is 4.52 Å². The first-order valence-corrected chi connectivity index (χ1v) is 10.0. The second-order valence-corrected chi connectivity index (χ2v) is 7.22. The summed E-state index contributed by atoms with van der Waals surface area (Å²) >= 11 is 7.90. The zero-order chi connectivity index (χ0) is 19.5. The van der Waals surface area contributed by atoms with Gasteiger partial charge in [-0.25, -0.2) is 4.68 Å². The minimum Gasteiger partial charge on any atom is -0.337 e. The van der Waals surface area contributed by atoms with E-state index in [9.17, 15) is 4.79 Å². The summed E-state index contributed by atoms with van der Waals surface area (Å²) in [5.41, 5.74) is 1.92. The van der Waals surface area contributed by atoms with Crippen molar-refractivity contribution in [3.8, 4) is 22.6 Å². The van der Waals surface area contributed by atoms with E-state index in [4.69, 9.17) is 16.1 Å². The van der Waals surface area contributed by atoms with Gasteiger partial charge in [-0.1, -0.05) is 35.0 Å². The van der Waals surface area contributed by atoms with E-state index in [2.05, 4.69) is 15.2 Å². The van der Waals surface area contributed by atoms with Gasteiger partial charge in [0.25, 0.3) is 5.56 Å². The molecule has 28 heavy (non-hydrogen) atoms. The molecule has 0 atom stereocenters. The van der Waals surface area contributed by atoms with Gasteiger partial charge in [0.1, 0.15) is 6.54 Å². The van der Waals surface area contributed by atoms with Gasteiger partial charge in [0.2, 0.25) is 11.7 Å². The van der Waals surface area contributed by atoms with Gasteiger partial charge in [0, 0.05) is 22.1 Å². The Morgan fingerprint density at radius 3 is 2.61 bits per heavy atom. The summed E-state index contributed by atoms with van der Waals surface area (Å²) in [5.74, 6) is 0.771. The smallest absolute Gasteiger partial charge is 0.267 e. The molecule has 0 radical (unpaired) electrons. The Labute approximate surface area is 170 Å². The summed E-state index contributed by atoms with van der Waals surface area (Å²) in [6.45, 7) is 0.0764.